The van der Waals surface area contributed by atoms with Crippen LogP contribution in [0.1, 0.15) is 27.5 Å². The van der Waals surface area contributed by atoms with Crippen LogP contribution in [0.3, 0.4) is 0 Å². The van der Waals surface area contributed by atoms with Crippen molar-refractivity contribution in [2.75, 3.05) is 11.9 Å². The summed E-state index contributed by atoms with van der Waals surface area (Å²) in [6, 6.07) is 18.2. The van der Waals surface area contributed by atoms with Gasteiger partial charge in [0, 0.05) is 18.1 Å². The number of benzene rings is 2. The van der Waals surface area contributed by atoms with Gasteiger partial charge in [-0.2, -0.15) is 9.61 Å². The van der Waals surface area contributed by atoms with Crippen LogP contribution < -0.4 is 10.9 Å². The number of ether oxygens (including phenoxy) is 1. The number of rotatable bonds is 4. The van der Waals surface area contributed by atoms with Crippen molar-refractivity contribution in [2.24, 2.45) is 0 Å². The molecule has 9 nitrogen and oxygen atoms in total. The summed E-state index contributed by atoms with van der Waals surface area (Å²) in [5, 5.41) is 15.5. The Bertz CT molecular complexity index is 1360. The molecule has 0 atom stereocenters. The molecule has 2 aromatic carbocycles. The molecule has 0 bridgehead atoms. The summed E-state index contributed by atoms with van der Waals surface area (Å²) in [7, 11) is 0. The van der Waals surface area contributed by atoms with Gasteiger partial charge in [-0.3, -0.25) is 10.1 Å². The van der Waals surface area contributed by atoms with Crippen LogP contribution >= 0.6 is 0 Å². The van der Waals surface area contributed by atoms with Crippen LogP contribution in [0.15, 0.2) is 65.5 Å². The first-order valence-corrected chi connectivity index (χ1v) is 9.49. The number of hydrogen-bond donors (Lipinski definition) is 3. The van der Waals surface area contributed by atoms with Crippen LogP contribution in [0.2, 0.25) is 0 Å². The van der Waals surface area contributed by atoms with Crippen LogP contribution in [-0.2, 0) is 4.74 Å². The molecule has 0 spiro atoms. The maximum absolute atomic E-state index is 12.5. The number of fused-ring (bicyclic) bond motifs is 4. The third-order valence-corrected chi connectivity index (χ3v) is 5.25. The predicted molar refractivity (Wildman–Crippen MR) is 111 cm³/mol. The lowest BCUT2D eigenvalue weighted by Crippen LogP contribution is -2.21. The lowest BCUT2D eigenvalue weighted by atomic mass is 9.98. The Morgan fingerprint density at radius 2 is 1.71 bits per heavy atom. The molecule has 0 unspecified atom stereocenters. The normalized spacial score (nSPS) is 12.4. The van der Waals surface area contributed by atoms with E-state index in [2.05, 4.69) is 15.4 Å². The Morgan fingerprint density at radius 1 is 1.06 bits per heavy atom. The van der Waals surface area contributed by atoms with Gasteiger partial charge in [0.05, 0.1) is 0 Å². The molecule has 5 rings (SSSR count). The topological polar surface area (TPSA) is 126 Å². The quantitative estimate of drug-likeness (QED) is 0.469. The first-order valence-electron chi connectivity index (χ1n) is 9.49. The molecular weight excluding hydrogens is 400 g/mol. The summed E-state index contributed by atoms with van der Waals surface area (Å²) in [6.07, 6.45) is -0.777. The minimum Gasteiger partial charge on any atom is -0.476 e. The van der Waals surface area contributed by atoms with Crippen LogP contribution in [0.4, 0.5) is 10.6 Å². The number of H-pyrrole nitrogens is 1. The monoisotopic (exact) mass is 416 g/mol. The number of carbonyl (C=O) groups excluding carboxylic acids is 1. The molecule has 0 saturated carbocycles. The molecule has 4 aromatic rings. The second kappa shape index (κ2) is 7.13. The van der Waals surface area contributed by atoms with E-state index in [1.807, 2.05) is 48.5 Å². The molecule has 1 aliphatic rings. The van der Waals surface area contributed by atoms with E-state index in [9.17, 15) is 14.4 Å². The van der Waals surface area contributed by atoms with E-state index in [-0.39, 0.29) is 29.7 Å². The zero-order valence-electron chi connectivity index (χ0n) is 16.0. The predicted octanol–water partition coefficient (Wildman–Crippen LogP) is 3.08. The number of aromatic carboxylic acids is 1. The Hall–Kier alpha value is -4.40. The maximum Gasteiger partial charge on any atom is 0.412 e. The van der Waals surface area contributed by atoms with Gasteiger partial charge in [-0.25, -0.2) is 9.59 Å². The van der Waals surface area contributed by atoms with Gasteiger partial charge in [-0.1, -0.05) is 48.5 Å². The number of anilines is 1. The van der Waals surface area contributed by atoms with Gasteiger partial charge < -0.3 is 14.8 Å². The van der Waals surface area contributed by atoms with Gasteiger partial charge in [0.1, 0.15) is 18.1 Å². The van der Waals surface area contributed by atoms with Crippen LogP contribution in [0.25, 0.3) is 16.8 Å². The highest BCUT2D eigenvalue weighted by Gasteiger charge is 2.29. The third-order valence-electron chi connectivity index (χ3n) is 5.25. The summed E-state index contributed by atoms with van der Waals surface area (Å²) in [5.74, 6) is -1.36. The van der Waals surface area contributed by atoms with Crippen molar-refractivity contribution < 1.29 is 19.4 Å². The highest BCUT2D eigenvalue weighted by atomic mass is 16.5. The molecule has 1 aliphatic carbocycles. The number of hydrogen-bond acceptors (Lipinski definition) is 5. The van der Waals surface area contributed by atoms with E-state index in [1.54, 1.807) is 0 Å². The van der Waals surface area contributed by atoms with Crippen LogP contribution in [0, 0.1) is 0 Å². The maximum atomic E-state index is 12.5. The second-order valence-electron chi connectivity index (χ2n) is 7.10. The first-order chi connectivity index (χ1) is 15.0. The van der Waals surface area contributed by atoms with Crippen molar-refractivity contribution in [3.8, 4) is 11.1 Å². The number of carboxylic acid groups (broad SMARTS) is 1. The third kappa shape index (κ3) is 3.21. The molecule has 0 aliphatic heterocycles. The van der Waals surface area contributed by atoms with E-state index in [0.29, 0.717) is 0 Å². The van der Waals surface area contributed by atoms with Crippen molar-refractivity contribution in [1.82, 2.24) is 14.6 Å². The van der Waals surface area contributed by atoms with Crippen molar-refractivity contribution in [3.63, 3.8) is 0 Å². The second-order valence-corrected chi connectivity index (χ2v) is 7.10. The van der Waals surface area contributed by atoms with Crippen molar-refractivity contribution in [3.05, 3.63) is 87.8 Å². The summed E-state index contributed by atoms with van der Waals surface area (Å²) in [4.78, 5) is 38.0. The van der Waals surface area contributed by atoms with Crippen molar-refractivity contribution in [1.29, 1.82) is 0 Å². The molecule has 0 saturated heterocycles. The van der Waals surface area contributed by atoms with Gasteiger partial charge in [-0.05, 0) is 22.3 Å². The molecule has 0 fully saturated rings. The van der Waals surface area contributed by atoms with E-state index in [0.717, 1.165) is 32.8 Å². The lowest BCUT2D eigenvalue weighted by molar-refractivity contribution is 0.0690. The highest BCUT2D eigenvalue weighted by molar-refractivity contribution is 5.88. The highest BCUT2D eigenvalue weighted by Crippen LogP contribution is 2.44. The standard InChI is InChI=1S/C22H16N4O5/c27-20-10-19(26-18(23-20)9-17(25-26)21(28)29)24-22(30)31-11-16-14-7-3-1-5-12(14)13-6-2-4-8-15(13)16/h1-10,16H,11H2,(H,23,27)(H,24,30)(H,28,29). The van der Waals surface area contributed by atoms with Crippen molar-refractivity contribution >= 4 is 23.5 Å². The van der Waals surface area contributed by atoms with Gasteiger partial charge in [0.15, 0.2) is 5.69 Å². The van der Waals surface area contributed by atoms with E-state index in [1.165, 1.54) is 6.07 Å². The van der Waals surface area contributed by atoms with E-state index >= 15 is 0 Å². The Morgan fingerprint density at radius 3 is 2.35 bits per heavy atom. The van der Waals surface area contributed by atoms with E-state index in [4.69, 9.17) is 9.84 Å². The molecular formula is C22H16N4O5. The molecule has 2 aromatic heterocycles. The molecule has 1 amide bonds. The minimum atomic E-state index is -1.25. The summed E-state index contributed by atoms with van der Waals surface area (Å²) >= 11 is 0. The lowest BCUT2D eigenvalue weighted by Gasteiger charge is -2.14. The molecule has 2 heterocycles. The van der Waals surface area contributed by atoms with Gasteiger partial charge in [0.2, 0.25) is 0 Å². The smallest absolute Gasteiger partial charge is 0.412 e. The number of amides is 1. The van der Waals surface area contributed by atoms with Crippen molar-refractivity contribution in [2.45, 2.75) is 5.92 Å². The number of nitrogens with zero attached hydrogens (tertiary/aromatic N) is 2. The average Bonchev–Trinajstić information content (AvgIpc) is 3.32. The molecule has 31 heavy (non-hydrogen) atoms. The summed E-state index contributed by atoms with van der Waals surface area (Å²) in [6.45, 7) is 0.103. The van der Waals surface area contributed by atoms with Gasteiger partial charge in [0.25, 0.3) is 5.56 Å². The van der Waals surface area contributed by atoms with Gasteiger partial charge in [-0.15, -0.1) is 0 Å². The van der Waals surface area contributed by atoms with Crippen LogP contribution in [-0.4, -0.2) is 38.4 Å². The number of aromatic amines is 1. The van der Waals surface area contributed by atoms with E-state index < -0.39 is 17.6 Å². The number of carboxylic acids is 1. The fourth-order valence-electron chi connectivity index (χ4n) is 3.93. The number of nitrogens with one attached hydrogen (secondary N) is 2. The Labute approximate surface area is 174 Å². The number of carbonyl (C=O) groups is 2. The minimum absolute atomic E-state index is 0.00322. The molecule has 9 heteroatoms. The molecule has 3 N–H and O–H groups in total. The largest absolute Gasteiger partial charge is 0.476 e. The Kier molecular flexibility index (Phi) is 4.28. The number of aromatic nitrogens is 3. The zero-order valence-corrected chi connectivity index (χ0v) is 16.0. The summed E-state index contributed by atoms with van der Waals surface area (Å²) < 4.78 is 6.60. The fourth-order valence-corrected chi connectivity index (χ4v) is 3.93. The zero-order chi connectivity index (χ0) is 21.5. The first kappa shape index (κ1) is 18.6. The van der Waals surface area contributed by atoms with Crippen LogP contribution in [0.5, 0.6) is 0 Å². The van der Waals surface area contributed by atoms with Gasteiger partial charge >= 0.3 is 12.1 Å². The average molecular weight is 416 g/mol. The Balaban J connectivity index is 1.38. The SMILES string of the molecule is O=C(Nc1cc(=O)[nH]c2cc(C(=O)O)nn12)OCC1c2ccccc2-c2ccccc21. The fraction of sp³-hybridized carbons (Fsp3) is 0.0909. The molecule has 154 valence electrons. The molecule has 0 radical (unpaired) electrons. The summed E-state index contributed by atoms with van der Waals surface area (Å²) in [5.41, 5.74) is 3.73.